The molecule has 0 aromatic heterocycles. The molecule has 0 radical (unpaired) electrons. The Balaban J connectivity index is 2.00. The number of ether oxygens (including phenoxy) is 1. The molecule has 0 aliphatic carbocycles. The molecule has 0 bridgehead atoms. The summed E-state index contributed by atoms with van der Waals surface area (Å²) in [6, 6.07) is 4.67. The third-order valence-corrected chi connectivity index (χ3v) is 2.95. The molecule has 17 heavy (non-hydrogen) atoms. The van der Waals surface area contributed by atoms with E-state index >= 15 is 0 Å². The van der Waals surface area contributed by atoms with Gasteiger partial charge in [-0.1, -0.05) is 6.07 Å². The molecule has 1 aliphatic heterocycles. The Morgan fingerprint density at radius 1 is 1.41 bits per heavy atom. The molecule has 1 fully saturated rings. The first kappa shape index (κ1) is 12.2. The smallest absolute Gasteiger partial charge is 0.123 e. The van der Waals surface area contributed by atoms with Crippen LogP contribution in [0.5, 0.6) is 11.5 Å². The van der Waals surface area contributed by atoms with Gasteiger partial charge in [0.15, 0.2) is 0 Å². The van der Waals surface area contributed by atoms with Crippen LogP contribution in [-0.4, -0.2) is 47.5 Å². The van der Waals surface area contributed by atoms with Gasteiger partial charge in [-0.15, -0.1) is 0 Å². The first-order valence-corrected chi connectivity index (χ1v) is 5.74. The molecule has 1 aromatic rings. The van der Waals surface area contributed by atoms with Gasteiger partial charge in [0.1, 0.15) is 11.5 Å². The Morgan fingerprint density at radius 2 is 2.24 bits per heavy atom. The van der Waals surface area contributed by atoms with Crippen LogP contribution in [0.25, 0.3) is 0 Å². The van der Waals surface area contributed by atoms with Crippen LogP contribution in [0.15, 0.2) is 18.2 Å². The maximum absolute atomic E-state index is 9.70. The zero-order valence-corrected chi connectivity index (χ0v) is 9.67. The molecular weight excluding hydrogens is 220 g/mol. The summed E-state index contributed by atoms with van der Waals surface area (Å²) in [5.41, 5.74) is 6.38. The van der Waals surface area contributed by atoms with Gasteiger partial charge in [0.2, 0.25) is 0 Å². The van der Waals surface area contributed by atoms with E-state index in [0.29, 0.717) is 19.7 Å². The standard InChI is InChI=1S/C12H18N2O3/c13-6-11-8-14(3-4-17-11)7-9-1-2-10(15)5-12(9)16/h1-2,5,11,15-16H,3-4,6-8,13H2. The van der Waals surface area contributed by atoms with E-state index in [-0.39, 0.29) is 17.6 Å². The SMILES string of the molecule is NCC1CN(Cc2ccc(O)cc2O)CCO1. The van der Waals surface area contributed by atoms with E-state index in [1.165, 1.54) is 6.07 Å². The maximum Gasteiger partial charge on any atom is 0.123 e. The number of benzene rings is 1. The molecule has 94 valence electrons. The van der Waals surface area contributed by atoms with Gasteiger partial charge >= 0.3 is 0 Å². The van der Waals surface area contributed by atoms with Gasteiger partial charge in [-0.25, -0.2) is 0 Å². The van der Waals surface area contributed by atoms with Crippen LogP contribution >= 0.6 is 0 Å². The number of nitrogens with two attached hydrogens (primary N) is 1. The van der Waals surface area contributed by atoms with Crippen molar-refractivity contribution in [3.8, 4) is 11.5 Å². The first-order chi connectivity index (χ1) is 8.19. The zero-order chi connectivity index (χ0) is 12.3. The summed E-state index contributed by atoms with van der Waals surface area (Å²) in [5, 5.41) is 18.9. The van der Waals surface area contributed by atoms with Crippen molar-refractivity contribution in [2.75, 3.05) is 26.2 Å². The molecule has 5 heteroatoms. The van der Waals surface area contributed by atoms with Crippen LogP contribution in [0.1, 0.15) is 5.56 Å². The van der Waals surface area contributed by atoms with Crippen LogP contribution in [-0.2, 0) is 11.3 Å². The summed E-state index contributed by atoms with van der Waals surface area (Å²) in [6.45, 7) is 3.43. The van der Waals surface area contributed by atoms with E-state index in [0.717, 1.165) is 18.7 Å². The van der Waals surface area contributed by atoms with Crippen molar-refractivity contribution in [3.63, 3.8) is 0 Å². The fourth-order valence-corrected chi connectivity index (χ4v) is 1.99. The number of hydrogen-bond acceptors (Lipinski definition) is 5. The molecule has 1 aromatic carbocycles. The monoisotopic (exact) mass is 238 g/mol. The fraction of sp³-hybridized carbons (Fsp3) is 0.500. The molecule has 0 saturated carbocycles. The lowest BCUT2D eigenvalue weighted by Gasteiger charge is -2.32. The Hall–Kier alpha value is -1.30. The fourth-order valence-electron chi connectivity index (χ4n) is 1.99. The molecule has 4 N–H and O–H groups in total. The quantitative estimate of drug-likeness (QED) is 0.704. The molecule has 1 saturated heterocycles. The summed E-state index contributed by atoms with van der Waals surface area (Å²) in [7, 11) is 0. The molecule has 1 heterocycles. The number of phenolic OH excluding ortho intramolecular Hbond substituents is 2. The molecule has 1 unspecified atom stereocenters. The number of morpholine rings is 1. The second kappa shape index (κ2) is 5.35. The normalized spacial score (nSPS) is 21.6. The van der Waals surface area contributed by atoms with Gasteiger partial charge in [0.25, 0.3) is 0 Å². The third kappa shape index (κ3) is 3.09. The van der Waals surface area contributed by atoms with E-state index in [1.807, 2.05) is 0 Å². The lowest BCUT2D eigenvalue weighted by atomic mass is 10.1. The van der Waals surface area contributed by atoms with E-state index in [9.17, 15) is 10.2 Å². The lowest BCUT2D eigenvalue weighted by molar-refractivity contribution is -0.0262. The largest absolute Gasteiger partial charge is 0.508 e. The highest BCUT2D eigenvalue weighted by molar-refractivity contribution is 5.38. The highest BCUT2D eigenvalue weighted by atomic mass is 16.5. The van der Waals surface area contributed by atoms with E-state index < -0.39 is 0 Å². The number of rotatable bonds is 3. The zero-order valence-electron chi connectivity index (χ0n) is 9.67. The Kier molecular flexibility index (Phi) is 3.83. The molecular formula is C12H18N2O3. The number of nitrogens with zero attached hydrogens (tertiary/aromatic N) is 1. The van der Waals surface area contributed by atoms with Crippen molar-refractivity contribution in [1.29, 1.82) is 0 Å². The molecule has 5 nitrogen and oxygen atoms in total. The van der Waals surface area contributed by atoms with Crippen molar-refractivity contribution < 1.29 is 14.9 Å². The number of phenols is 2. The minimum absolute atomic E-state index is 0.0722. The van der Waals surface area contributed by atoms with E-state index in [2.05, 4.69) is 4.90 Å². The van der Waals surface area contributed by atoms with Crippen molar-refractivity contribution in [3.05, 3.63) is 23.8 Å². The van der Waals surface area contributed by atoms with Crippen molar-refractivity contribution in [2.45, 2.75) is 12.6 Å². The Bertz CT molecular complexity index is 384. The van der Waals surface area contributed by atoms with E-state index in [1.54, 1.807) is 12.1 Å². The van der Waals surface area contributed by atoms with Gasteiger partial charge in [0.05, 0.1) is 12.7 Å². The first-order valence-electron chi connectivity index (χ1n) is 5.74. The van der Waals surface area contributed by atoms with Crippen molar-refractivity contribution in [2.24, 2.45) is 5.73 Å². The number of aromatic hydroxyl groups is 2. The highest BCUT2D eigenvalue weighted by Gasteiger charge is 2.19. The second-order valence-electron chi connectivity index (χ2n) is 4.28. The van der Waals surface area contributed by atoms with Gasteiger partial charge in [-0.2, -0.15) is 0 Å². The Labute approximate surface area is 100 Å². The third-order valence-electron chi connectivity index (χ3n) is 2.95. The summed E-state index contributed by atoms with van der Waals surface area (Å²) in [5.74, 6) is 0.203. The molecule has 2 rings (SSSR count). The summed E-state index contributed by atoms with van der Waals surface area (Å²) in [6.07, 6.45) is 0.0722. The van der Waals surface area contributed by atoms with Crippen LogP contribution < -0.4 is 5.73 Å². The average molecular weight is 238 g/mol. The van der Waals surface area contributed by atoms with Gasteiger partial charge in [-0.05, 0) is 6.07 Å². The lowest BCUT2D eigenvalue weighted by Crippen LogP contribution is -2.45. The summed E-state index contributed by atoms with van der Waals surface area (Å²) in [4.78, 5) is 2.19. The van der Waals surface area contributed by atoms with Crippen LogP contribution in [0.2, 0.25) is 0 Å². The van der Waals surface area contributed by atoms with Gasteiger partial charge < -0.3 is 20.7 Å². The van der Waals surface area contributed by atoms with Crippen LogP contribution in [0.4, 0.5) is 0 Å². The van der Waals surface area contributed by atoms with Crippen molar-refractivity contribution >= 4 is 0 Å². The summed E-state index contributed by atoms with van der Waals surface area (Å²) >= 11 is 0. The van der Waals surface area contributed by atoms with Crippen LogP contribution in [0, 0.1) is 0 Å². The molecule has 1 atom stereocenters. The van der Waals surface area contributed by atoms with Crippen molar-refractivity contribution in [1.82, 2.24) is 4.90 Å². The highest BCUT2D eigenvalue weighted by Crippen LogP contribution is 2.24. The second-order valence-corrected chi connectivity index (χ2v) is 4.28. The molecule has 1 aliphatic rings. The minimum atomic E-state index is 0.0722. The van der Waals surface area contributed by atoms with Gasteiger partial charge in [-0.3, -0.25) is 4.90 Å². The van der Waals surface area contributed by atoms with Crippen LogP contribution in [0.3, 0.4) is 0 Å². The number of hydrogen-bond donors (Lipinski definition) is 3. The average Bonchev–Trinajstić information content (AvgIpc) is 2.33. The topological polar surface area (TPSA) is 79.0 Å². The van der Waals surface area contributed by atoms with Gasteiger partial charge in [0, 0.05) is 37.8 Å². The maximum atomic E-state index is 9.70. The van der Waals surface area contributed by atoms with E-state index in [4.69, 9.17) is 10.5 Å². The molecule has 0 spiro atoms. The molecule has 0 amide bonds. The predicted molar refractivity (Wildman–Crippen MR) is 63.8 cm³/mol. The summed E-state index contributed by atoms with van der Waals surface area (Å²) < 4.78 is 5.48. The Morgan fingerprint density at radius 3 is 2.94 bits per heavy atom. The predicted octanol–water partition coefficient (Wildman–Crippen LogP) is 0.257. The minimum Gasteiger partial charge on any atom is -0.508 e.